The summed E-state index contributed by atoms with van der Waals surface area (Å²) in [5.41, 5.74) is 3.54. The van der Waals surface area contributed by atoms with Gasteiger partial charge in [-0.1, -0.05) is 48.5 Å². The molecular formula is C16H12ClNO. The minimum atomic E-state index is -0.414. The predicted octanol–water partition coefficient (Wildman–Crippen LogP) is 4.14. The molecule has 0 unspecified atom stereocenters. The molecule has 94 valence electrons. The van der Waals surface area contributed by atoms with Crippen LogP contribution in [0.25, 0.3) is 10.9 Å². The zero-order valence-corrected chi connectivity index (χ0v) is 10.9. The van der Waals surface area contributed by atoms with Crippen molar-refractivity contribution in [2.45, 2.75) is 6.42 Å². The van der Waals surface area contributed by atoms with Crippen LogP contribution < -0.4 is 0 Å². The number of rotatable bonds is 3. The molecule has 0 spiro atoms. The first-order valence-electron chi connectivity index (χ1n) is 6.09. The predicted molar refractivity (Wildman–Crippen MR) is 77.7 cm³/mol. The standard InChI is InChI=1S/C16H12ClNO/c17-16(19)15-12-8-4-5-9-13(12)18-14(15)10-11-6-2-1-3-7-11/h1-9,18H,10H2. The van der Waals surface area contributed by atoms with E-state index in [9.17, 15) is 4.79 Å². The minimum Gasteiger partial charge on any atom is -0.357 e. The van der Waals surface area contributed by atoms with E-state index in [1.54, 1.807) is 0 Å². The van der Waals surface area contributed by atoms with Crippen molar-refractivity contribution in [3.8, 4) is 0 Å². The van der Waals surface area contributed by atoms with Crippen LogP contribution in [0.15, 0.2) is 54.6 Å². The van der Waals surface area contributed by atoms with Crippen molar-refractivity contribution >= 4 is 27.7 Å². The lowest BCUT2D eigenvalue weighted by Crippen LogP contribution is -1.96. The number of aromatic amines is 1. The van der Waals surface area contributed by atoms with Crippen LogP contribution in [0.4, 0.5) is 0 Å². The van der Waals surface area contributed by atoms with Gasteiger partial charge in [-0.05, 0) is 23.2 Å². The van der Waals surface area contributed by atoms with Crippen molar-refractivity contribution in [2.24, 2.45) is 0 Å². The Labute approximate surface area is 116 Å². The molecule has 0 fully saturated rings. The van der Waals surface area contributed by atoms with Gasteiger partial charge in [-0.3, -0.25) is 4.79 Å². The maximum Gasteiger partial charge on any atom is 0.254 e. The van der Waals surface area contributed by atoms with Gasteiger partial charge in [-0.15, -0.1) is 0 Å². The number of carbonyl (C=O) groups is 1. The molecule has 2 aromatic carbocycles. The van der Waals surface area contributed by atoms with Crippen LogP contribution in [-0.2, 0) is 6.42 Å². The second-order valence-corrected chi connectivity index (χ2v) is 4.80. The number of aromatic nitrogens is 1. The number of para-hydroxylation sites is 1. The van der Waals surface area contributed by atoms with Crippen molar-refractivity contribution in [1.29, 1.82) is 0 Å². The number of nitrogens with one attached hydrogen (secondary N) is 1. The summed E-state index contributed by atoms with van der Waals surface area (Å²) >= 11 is 5.74. The molecule has 0 aliphatic rings. The lowest BCUT2D eigenvalue weighted by molar-refractivity contribution is 0.108. The second kappa shape index (κ2) is 4.90. The number of carbonyl (C=O) groups excluding carboxylic acids is 1. The third kappa shape index (κ3) is 2.27. The zero-order valence-electron chi connectivity index (χ0n) is 10.2. The number of hydrogen-bond acceptors (Lipinski definition) is 1. The lowest BCUT2D eigenvalue weighted by atomic mass is 10.1. The van der Waals surface area contributed by atoms with Gasteiger partial charge in [0.05, 0.1) is 5.56 Å². The second-order valence-electron chi connectivity index (χ2n) is 4.46. The van der Waals surface area contributed by atoms with Crippen molar-refractivity contribution in [3.63, 3.8) is 0 Å². The Morgan fingerprint density at radius 3 is 2.42 bits per heavy atom. The highest BCUT2D eigenvalue weighted by Crippen LogP contribution is 2.25. The molecule has 3 rings (SSSR count). The van der Waals surface area contributed by atoms with Crippen LogP contribution in [0.5, 0.6) is 0 Å². The molecule has 3 heteroatoms. The Bertz CT molecular complexity index is 731. The molecular weight excluding hydrogens is 258 g/mol. The van der Waals surface area contributed by atoms with E-state index in [4.69, 9.17) is 11.6 Å². The van der Waals surface area contributed by atoms with E-state index < -0.39 is 5.24 Å². The van der Waals surface area contributed by atoms with Gasteiger partial charge in [0.2, 0.25) is 0 Å². The molecule has 0 saturated heterocycles. The summed E-state index contributed by atoms with van der Waals surface area (Å²) in [5, 5.41) is 0.469. The fraction of sp³-hybridized carbons (Fsp3) is 0.0625. The summed E-state index contributed by atoms with van der Waals surface area (Å²) in [4.78, 5) is 15.0. The van der Waals surface area contributed by atoms with E-state index in [2.05, 4.69) is 4.98 Å². The molecule has 19 heavy (non-hydrogen) atoms. The van der Waals surface area contributed by atoms with Crippen molar-refractivity contribution in [3.05, 3.63) is 71.4 Å². The molecule has 2 nitrogen and oxygen atoms in total. The Kier molecular flexibility index (Phi) is 3.10. The summed E-state index contributed by atoms with van der Waals surface area (Å²) in [7, 11) is 0. The molecule has 0 atom stereocenters. The first-order valence-corrected chi connectivity index (χ1v) is 6.47. The van der Waals surface area contributed by atoms with E-state index in [0.717, 1.165) is 22.2 Å². The Morgan fingerprint density at radius 2 is 1.68 bits per heavy atom. The van der Waals surface area contributed by atoms with Crippen molar-refractivity contribution < 1.29 is 4.79 Å². The first-order chi connectivity index (χ1) is 9.25. The highest BCUT2D eigenvalue weighted by molar-refractivity contribution is 6.68. The average Bonchev–Trinajstić information content (AvgIpc) is 2.77. The smallest absolute Gasteiger partial charge is 0.254 e. The molecule has 0 aliphatic carbocycles. The molecule has 0 radical (unpaired) electrons. The maximum absolute atomic E-state index is 11.7. The largest absolute Gasteiger partial charge is 0.357 e. The van der Waals surface area contributed by atoms with Gasteiger partial charge in [0.1, 0.15) is 0 Å². The van der Waals surface area contributed by atoms with Gasteiger partial charge < -0.3 is 4.98 Å². The highest BCUT2D eigenvalue weighted by Gasteiger charge is 2.16. The van der Waals surface area contributed by atoms with Gasteiger partial charge in [0.15, 0.2) is 0 Å². The van der Waals surface area contributed by atoms with Crippen LogP contribution in [-0.4, -0.2) is 10.2 Å². The van der Waals surface area contributed by atoms with E-state index in [1.807, 2.05) is 54.6 Å². The molecule has 1 heterocycles. The van der Waals surface area contributed by atoms with Crippen molar-refractivity contribution in [1.82, 2.24) is 4.98 Å². The van der Waals surface area contributed by atoms with Crippen LogP contribution >= 0.6 is 11.6 Å². The Balaban J connectivity index is 2.13. The molecule has 0 aliphatic heterocycles. The third-order valence-corrected chi connectivity index (χ3v) is 3.39. The number of halogens is 1. The first kappa shape index (κ1) is 12.0. The van der Waals surface area contributed by atoms with Gasteiger partial charge in [-0.25, -0.2) is 0 Å². The number of hydrogen-bond donors (Lipinski definition) is 1. The van der Waals surface area contributed by atoms with E-state index in [0.29, 0.717) is 12.0 Å². The average molecular weight is 270 g/mol. The van der Waals surface area contributed by atoms with E-state index in [1.165, 1.54) is 0 Å². The summed E-state index contributed by atoms with van der Waals surface area (Å²) in [6.45, 7) is 0. The summed E-state index contributed by atoms with van der Waals surface area (Å²) < 4.78 is 0. The Morgan fingerprint density at radius 1 is 1.00 bits per heavy atom. The molecule has 0 saturated carbocycles. The highest BCUT2D eigenvalue weighted by atomic mass is 35.5. The number of benzene rings is 2. The normalized spacial score (nSPS) is 10.8. The molecule has 1 N–H and O–H groups in total. The summed E-state index contributed by atoms with van der Waals surface area (Å²) in [6, 6.07) is 17.7. The quantitative estimate of drug-likeness (QED) is 0.712. The van der Waals surface area contributed by atoms with Gasteiger partial charge in [0.25, 0.3) is 5.24 Å². The summed E-state index contributed by atoms with van der Waals surface area (Å²) in [5.74, 6) is 0. The molecule has 1 aromatic heterocycles. The number of H-pyrrole nitrogens is 1. The lowest BCUT2D eigenvalue weighted by Gasteiger charge is -2.01. The van der Waals surface area contributed by atoms with E-state index in [-0.39, 0.29) is 0 Å². The van der Waals surface area contributed by atoms with Crippen LogP contribution in [0.2, 0.25) is 0 Å². The fourth-order valence-corrected chi connectivity index (χ4v) is 2.57. The van der Waals surface area contributed by atoms with Gasteiger partial charge >= 0.3 is 0 Å². The zero-order chi connectivity index (χ0) is 13.2. The Hall–Kier alpha value is -2.06. The monoisotopic (exact) mass is 269 g/mol. The van der Waals surface area contributed by atoms with Gasteiger partial charge in [-0.2, -0.15) is 0 Å². The fourth-order valence-electron chi connectivity index (χ4n) is 2.35. The third-order valence-electron chi connectivity index (χ3n) is 3.20. The molecule has 3 aromatic rings. The summed E-state index contributed by atoms with van der Waals surface area (Å²) in [6.07, 6.45) is 0.670. The minimum absolute atomic E-state index is 0.414. The van der Waals surface area contributed by atoms with E-state index >= 15 is 0 Å². The topological polar surface area (TPSA) is 32.9 Å². The maximum atomic E-state index is 11.7. The van der Waals surface area contributed by atoms with Crippen LogP contribution in [0.1, 0.15) is 21.6 Å². The molecule has 0 amide bonds. The molecule has 0 bridgehead atoms. The van der Waals surface area contributed by atoms with Crippen LogP contribution in [0.3, 0.4) is 0 Å². The van der Waals surface area contributed by atoms with Crippen LogP contribution in [0, 0.1) is 0 Å². The number of fused-ring (bicyclic) bond motifs is 1. The van der Waals surface area contributed by atoms with Crippen molar-refractivity contribution in [2.75, 3.05) is 0 Å². The SMILES string of the molecule is O=C(Cl)c1c(Cc2ccccc2)[nH]c2ccccc12. The van der Waals surface area contributed by atoms with Gasteiger partial charge in [0, 0.05) is 23.0 Å².